The lowest BCUT2D eigenvalue weighted by atomic mass is 9.77. The Balaban J connectivity index is 1.36. The van der Waals surface area contributed by atoms with Crippen LogP contribution >= 0.6 is 0 Å². The van der Waals surface area contributed by atoms with Crippen molar-refractivity contribution < 1.29 is 14.3 Å². The first-order chi connectivity index (χ1) is 14.6. The lowest BCUT2D eigenvalue weighted by Gasteiger charge is -2.31. The number of hydrogen-bond acceptors (Lipinski definition) is 5. The molecule has 2 heterocycles. The van der Waals surface area contributed by atoms with Crippen LogP contribution in [0.15, 0.2) is 18.2 Å². The number of rotatable bonds is 7. The van der Waals surface area contributed by atoms with Gasteiger partial charge in [-0.2, -0.15) is 0 Å². The SMILES string of the molecule is COc1cc(C2(C(=O)NC3CCN(CCN4CCOCC4)C3)CCCC2)ccc1C. The minimum atomic E-state index is -0.401. The molecule has 1 saturated carbocycles. The van der Waals surface area contributed by atoms with Crippen molar-refractivity contribution in [2.24, 2.45) is 0 Å². The maximum atomic E-state index is 13.5. The summed E-state index contributed by atoms with van der Waals surface area (Å²) in [7, 11) is 1.71. The third kappa shape index (κ3) is 4.66. The number of amides is 1. The highest BCUT2D eigenvalue weighted by molar-refractivity contribution is 5.89. The predicted molar refractivity (Wildman–Crippen MR) is 118 cm³/mol. The zero-order valence-corrected chi connectivity index (χ0v) is 18.6. The van der Waals surface area contributed by atoms with E-state index in [1.165, 1.54) is 0 Å². The molecule has 166 valence electrons. The van der Waals surface area contributed by atoms with E-state index in [0.29, 0.717) is 0 Å². The summed E-state index contributed by atoms with van der Waals surface area (Å²) >= 11 is 0. The molecule has 0 bridgehead atoms. The molecule has 30 heavy (non-hydrogen) atoms. The summed E-state index contributed by atoms with van der Waals surface area (Å²) in [6, 6.07) is 6.56. The molecule has 2 aliphatic heterocycles. The van der Waals surface area contributed by atoms with E-state index in [-0.39, 0.29) is 11.9 Å². The first-order valence-electron chi connectivity index (χ1n) is 11.6. The predicted octanol–water partition coefficient (Wildman–Crippen LogP) is 2.34. The van der Waals surface area contributed by atoms with Gasteiger partial charge in [-0.1, -0.05) is 25.0 Å². The van der Waals surface area contributed by atoms with Crippen LogP contribution in [-0.2, 0) is 14.9 Å². The van der Waals surface area contributed by atoms with Crippen LogP contribution in [0, 0.1) is 6.92 Å². The highest BCUT2D eigenvalue weighted by Crippen LogP contribution is 2.43. The fraction of sp³-hybridized carbons (Fsp3) is 0.708. The molecular weight excluding hydrogens is 378 g/mol. The molecule has 1 amide bonds. The third-order valence-corrected chi connectivity index (χ3v) is 7.30. The van der Waals surface area contributed by atoms with Crippen molar-refractivity contribution in [3.63, 3.8) is 0 Å². The molecule has 3 fully saturated rings. The van der Waals surface area contributed by atoms with Gasteiger partial charge in [0, 0.05) is 45.3 Å². The van der Waals surface area contributed by atoms with Crippen molar-refractivity contribution in [2.75, 3.05) is 59.6 Å². The second-order valence-electron chi connectivity index (χ2n) is 9.19. The van der Waals surface area contributed by atoms with Crippen LogP contribution in [-0.4, -0.2) is 81.3 Å². The summed E-state index contributed by atoms with van der Waals surface area (Å²) in [5, 5.41) is 3.43. The van der Waals surface area contributed by atoms with E-state index in [9.17, 15) is 4.79 Å². The topological polar surface area (TPSA) is 54.0 Å². The smallest absolute Gasteiger partial charge is 0.230 e. The highest BCUT2D eigenvalue weighted by Gasteiger charge is 2.44. The van der Waals surface area contributed by atoms with Crippen molar-refractivity contribution in [3.8, 4) is 5.75 Å². The second kappa shape index (κ2) is 9.67. The molecule has 1 aromatic rings. The number of methoxy groups -OCH3 is 1. The van der Waals surface area contributed by atoms with Crippen LogP contribution in [0.2, 0.25) is 0 Å². The van der Waals surface area contributed by atoms with Crippen LogP contribution in [0.3, 0.4) is 0 Å². The van der Waals surface area contributed by atoms with Crippen LogP contribution < -0.4 is 10.1 Å². The second-order valence-corrected chi connectivity index (χ2v) is 9.19. The zero-order valence-electron chi connectivity index (χ0n) is 18.6. The van der Waals surface area contributed by atoms with Crippen molar-refractivity contribution >= 4 is 5.91 Å². The average Bonchev–Trinajstić information content (AvgIpc) is 3.44. The largest absolute Gasteiger partial charge is 0.496 e. The molecule has 1 N–H and O–H groups in total. The monoisotopic (exact) mass is 415 g/mol. The zero-order chi connectivity index (χ0) is 21.0. The Kier molecular flexibility index (Phi) is 6.96. The van der Waals surface area contributed by atoms with E-state index in [4.69, 9.17) is 9.47 Å². The summed E-state index contributed by atoms with van der Waals surface area (Å²) in [6.07, 6.45) is 5.12. The number of likely N-dealkylation sites (tertiary alicyclic amines) is 1. The standard InChI is InChI=1S/C24H37N3O3/c1-19-5-6-20(17-22(19)29-2)24(8-3-4-9-24)23(28)25-21-7-10-27(18-21)12-11-26-13-15-30-16-14-26/h5-6,17,21H,3-4,7-16,18H2,1-2H3,(H,25,28). The molecule has 0 spiro atoms. The van der Waals surface area contributed by atoms with E-state index in [1.54, 1.807) is 7.11 Å². The molecule has 0 aromatic heterocycles. The van der Waals surface area contributed by atoms with E-state index in [0.717, 1.165) is 101 Å². The maximum Gasteiger partial charge on any atom is 0.230 e. The van der Waals surface area contributed by atoms with Crippen molar-refractivity contribution in [3.05, 3.63) is 29.3 Å². The lowest BCUT2D eigenvalue weighted by Crippen LogP contribution is -2.48. The molecule has 3 aliphatic rings. The number of hydrogen-bond donors (Lipinski definition) is 1. The molecule has 1 aromatic carbocycles. The summed E-state index contributed by atoms with van der Waals surface area (Å²) in [6.45, 7) is 10.0. The highest BCUT2D eigenvalue weighted by atomic mass is 16.5. The Hall–Kier alpha value is -1.63. The molecule has 0 radical (unpaired) electrons. The molecule has 1 atom stereocenters. The van der Waals surface area contributed by atoms with E-state index < -0.39 is 5.41 Å². The Morgan fingerprint density at radius 1 is 1.17 bits per heavy atom. The van der Waals surface area contributed by atoms with E-state index in [2.05, 4.69) is 33.3 Å². The van der Waals surface area contributed by atoms with Gasteiger partial charge < -0.3 is 14.8 Å². The Bertz CT molecular complexity index is 726. The number of ether oxygens (including phenoxy) is 2. The minimum absolute atomic E-state index is 0.214. The van der Waals surface area contributed by atoms with Gasteiger partial charge in [0.1, 0.15) is 5.75 Å². The van der Waals surface area contributed by atoms with Gasteiger partial charge >= 0.3 is 0 Å². The maximum absolute atomic E-state index is 13.5. The summed E-state index contributed by atoms with van der Waals surface area (Å²) in [5.41, 5.74) is 1.82. The number of nitrogens with one attached hydrogen (secondary N) is 1. The lowest BCUT2D eigenvalue weighted by molar-refractivity contribution is -0.127. The molecule has 1 aliphatic carbocycles. The molecule has 2 saturated heterocycles. The molecule has 4 rings (SSSR count). The van der Waals surface area contributed by atoms with E-state index in [1.807, 2.05) is 6.92 Å². The quantitative estimate of drug-likeness (QED) is 0.741. The Morgan fingerprint density at radius 3 is 2.63 bits per heavy atom. The number of benzene rings is 1. The molecular formula is C24H37N3O3. The van der Waals surface area contributed by atoms with Crippen LogP contribution in [0.4, 0.5) is 0 Å². The van der Waals surface area contributed by atoms with E-state index >= 15 is 0 Å². The Morgan fingerprint density at radius 2 is 1.90 bits per heavy atom. The normalized spacial score (nSPS) is 24.8. The van der Waals surface area contributed by atoms with Crippen molar-refractivity contribution in [2.45, 2.75) is 50.5 Å². The Labute approximate surface area is 180 Å². The van der Waals surface area contributed by atoms with Gasteiger partial charge in [0.2, 0.25) is 5.91 Å². The van der Waals surface area contributed by atoms with Gasteiger partial charge in [0.15, 0.2) is 0 Å². The van der Waals surface area contributed by atoms with Crippen LogP contribution in [0.1, 0.15) is 43.2 Å². The van der Waals surface area contributed by atoms with Crippen LogP contribution in [0.25, 0.3) is 0 Å². The third-order valence-electron chi connectivity index (χ3n) is 7.30. The first-order valence-corrected chi connectivity index (χ1v) is 11.6. The van der Waals surface area contributed by atoms with Gasteiger partial charge in [-0.3, -0.25) is 14.6 Å². The number of morpholine rings is 1. The molecule has 1 unspecified atom stereocenters. The number of aryl methyl sites for hydroxylation is 1. The summed E-state index contributed by atoms with van der Waals surface area (Å²) in [4.78, 5) is 18.5. The fourth-order valence-electron chi connectivity index (χ4n) is 5.33. The summed E-state index contributed by atoms with van der Waals surface area (Å²) in [5.74, 6) is 1.09. The number of carbonyl (C=O) groups excluding carboxylic acids is 1. The van der Waals surface area contributed by atoms with Gasteiger partial charge in [0.25, 0.3) is 0 Å². The summed E-state index contributed by atoms with van der Waals surface area (Å²) < 4.78 is 11.0. The van der Waals surface area contributed by atoms with Gasteiger partial charge in [-0.25, -0.2) is 0 Å². The number of carbonyl (C=O) groups is 1. The fourth-order valence-corrected chi connectivity index (χ4v) is 5.33. The number of nitrogens with zero attached hydrogens (tertiary/aromatic N) is 2. The minimum Gasteiger partial charge on any atom is -0.496 e. The van der Waals surface area contributed by atoms with Gasteiger partial charge in [-0.05, 0) is 43.4 Å². The van der Waals surface area contributed by atoms with Crippen molar-refractivity contribution in [1.82, 2.24) is 15.1 Å². The van der Waals surface area contributed by atoms with Crippen molar-refractivity contribution in [1.29, 1.82) is 0 Å². The van der Waals surface area contributed by atoms with Gasteiger partial charge in [-0.15, -0.1) is 0 Å². The van der Waals surface area contributed by atoms with Gasteiger partial charge in [0.05, 0.1) is 25.7 Å². The first kappa shape index (κ1) is 21.6. The van der Waals surface area contributed by atoms with Crippen LogP contribution in [0.5, 0.6) is 5.75 Å². The molecule has 6 nitrogen and oxygen atoms in total. The average molecular weight is 416 g/mol. The molecule has 6 heteroatoms.